The SMILES string of the molecule is CCCCCCCCCCCCCCCCCCNC(=O)OCC.CCCCCCCCCCCCCCCCCCNC(=O)OCC.OCCCCC#CC#CCCCCO. The van der Waals surface area contributed by atoms with Gasteiger partial charge in [0.15, 0.2) is 0 Å². The molecule has 2 amide bonds. The number of alkyl carbamates (subject to hydrolysis) is 2. The van der Waals surface area contributed by atoms with Crippen LogP contribution >= 0.6 is 0 Å². The molecule has 8 heteroatoms. The van der Waals surface area contributed by atoms with Gasteiger partial charge in [-0.25, -0.2) is 9.59 Å². The molecule has 0 unspecified atom stereocenters. The third-order valence-electron chi connectivity index (χ3n) is 10.8. The lowest BCUT2D eigenvalue weighted by atomic mass is 10.0. The smallest absolute Gasteiger partial charge is 0.407 e. The highest BCUT2D eigenvalue weighted by atomic mass is 16.6. The minimum Gasteiger partial charge on any atom is -0.450 e. The van der Waals surface area contributed by atoms with Gasteiger partial charge in [0.05, 0.1) is 13.2 Å². The van der Waals surface area contributed by atoms with Gasteiger partial charge in [0, 0.05) is 39.1 Å². The van der Waals surface area contributed by atoms with Crippen LogP contribution in [0, 0.1) is 23.7 Å². The number of amides is 2. The molecule has 0 aromatic carbocycles. The lowest BCUT2D eigenvalue weighted by Gasteiger charge is -2.05. The molecule has 0 saturated heterocycles. The van der Waals surface area contributed by atoms with E-state index in [0.717, 1.165) is 64.5 Å². The topological polar surface area (TPSA) is 117 Å². The van der Waals surface area contributed by atoms with E-state index in [2.05, 4.69) is 48.2 Å². The Kier molecular flexibility index (Phi) is 64.8. The average Bonchev–Trinajstić information content (AvgIpc) is 3.27. The van der Waals surface area contributed by atoms with E-state index in [0.29, 0.717) is 13.2 Å². The van der Waals surface area contributed by atoms with Crippen molar-refractivity contribution in [2.45, 2.75) is 272 Å². The van der Waals surface area contributed by atoms with Gasteiger partial charge in [0.1, 0.15) is 0 Å². The molecule has 0 rings (SSSR count). The highest BCUT2D eigenvalue weighted by Crippen LogP contribution is 2.15. The monoisotopic (exact) mass is 877 g/mol. The van der Waals surface area contributed by atoms with E-state index in [9.17, 15) is 9.59 Å². The number of hydrogen-bond donors (Lipinski definition) is 4. The average molecular weight is 877 g/mol. The van der Waals surface area contributed by atoms with Gasteiger partial charge in [-0.05, 0) is 64.2 Å². The molecule has 0 aromatic rings. The Morgan fingerprint density at radius 2 is 0.597 bits per heavy atom. The quantitative estimate of drug-likeness (QED) is 0.0358. The maximum Gasteiger partial charge on any atom is 0.407 e. The summed E-state index contributed by atoms with van der Waals surface area (Å²) in [5.41, 5.74) is 0. The first-order chi connectivity index (χ1) is 30.5. The molecule has 8 nitrogen and oxygen atoms in total. The van der Waals surface area contributed by atoms with E-state index in [-0.39, 0.29) is 25.4 Å². The maximum atomic E-state index is 11.1. The molecule has 4 N–H and O–H groups in total. The molecular formula is C54H104N2O6. The van der Waals surface area contributed by atoms with E-state index in [1.807, 2.05) is 13.8 Å². The summed E-state index contributed by atoms with van der Waals surface area (Å²) in [6.45, 7) is 11.1. The van der Waals surface area contributed by atoms with Crippen molar-refractivity contribution in [2.24, 2.45) is 0 Å². The maximum absolute atomic E-state index is 11.1. The van der Waals surface area contributed by atoms with Crippen LogP contribution in [0.4, 0.5) is 9.59 Å². The van der Waals surface area contributed by atoms with E-state index >= 15 is 0 Å². The second-order valence-corrected chi connectivity index (χ2v) is 16.9. The van der Waals surface area contributed by atoms with Crippen molar-refractivity contribution in [3.05, 3.63) is 0 Å². The summed E-state index contributed by atoms with van der Waals surface area (Å²) in [5, 5.41) is 22.5. The Hall–Kier alpha value is -2.42. The number of ether oxygens (including phenoxy) is 2. The number of carbonyl (C=O) groups is 2. The number of hydrogen-bond acceptors (Lipinski definition) is 6. The van der Waals surface area contributed by atoms with Gasteiger partial charge in [-0.15, -0.1) is 0 Å². The molecule has 0 aromatic heterocycles. The minimum atomic E-state index is -0.279. The van der Waals surface area contributed by atoms with Crippen LogP contribution in [0.1, 0.15) is 272 Å². The van der Waals surface area contributed by atoms with Gasteiger partial charge < -0.3 is 30.3 Å². The fourth-order valence-corrected chi connectivity index (χ4v) is 6.96. The van der Waals surface area contributed by atoms with Crippen molar-refractivity contribution in [3.8, 4) is 23.7 Å². The lowest BCUT2D eigenvalue weighted by molar-refractivity contribution is 0.151. The zero-order valence-electron chi connectivity index (χ0n) is 41.6. The molecule has 0 aliphatic heterocycles. The van der Waals surface area contributed by atoms with Crippen LogP contribution in [0.3, 0.4) is 0 Å². The van der Waals surface area contributed by atoms with Gasteiger partial charge >= 0.3 is 12.2 Å². The molecule has 0 aliphatic carbocycles. The number of rotatable bonds is 42. The van der Waals surface area contributed by atoms with Crippen molar-refractivity contribution in [2.75, 3.05) is 39.5 Å². The summed E-state index contributed by atoms with van der Waals surface area (Å²) >= 11 is 0. The summed E-state index contributed by atoms with van der Waals surface area (Å²) in [4.78, 5) is 22.1. The second kappa shape index (κ2) is 62.9. The van der Waals surface area contributed by atoms with Crippen molar-refractivity contribution in [1.29, 1.82) is 0 Å². The lowest BCUT2D eigenvalue weighted by Crippen LogP contribution is -2.25. The molecule has 366 valence electrons. The molecule has 0 bridgehead atoms. The van der Waals surface area contributed by atoms with Gasteiger partial charge in [0.2, 0.25) is 0 Å². The summed E-state index contributed by atoms with van der Waals surface area (Å²) in [5.74, 6) is 11.4. The second-order valence-electron chi connectivity index (χ2n) is 16.9. The van der Waals surface area contributed by atoms with Crippen LogP contribution in [0.15, 0.2) is 0 Å². The summed E-state index contributed by atoms with van der Waals surface area (Å²) in [6, 6.07) is 0. The van der Waals surface area contributed by atoms with Crippen LogP contribution in [-0.2, 0) is 9.47 Å². The first-order valence-electron chi connectivity index (χ1n) is 26.5. The standard InChI is InChI=1S/2C21H43NO2.C12H18O2/c2*1-3-5-6-7-8-9-10-11-12-13-14-15-16-17-18-19-20-22-21(23)24-4-2;13-11-9-7-5-3-1-2-4-6-8-10-12-14/h2*3-20H2,1-2H3,(H,22,23);13-14H,5-12H2. The Bertz CT molecular complexity index is 907. The van der Waals surface area contributed by atoms with Crippen molar-refractivity contribution < 1.29 is 29.3 Å². The zero-order chi connectivity index (χ0) is 45.9. The van der Waals surface area contributed by atoms with Crippen LogP contribution in [0.5, 0.6) is 0 Å². The van der Waals surface area contributed by atoms with E-state index in [1.54, 1.807) is 0 Å². The van der Waals surface area contributed by atoms with Gasteiger partial charge in [0.25, 0.3) is 0 Å². The number of nitrogens with one attached hydrogen (secondary N) is 2. The van der Waals surface area contributed by atoms with Crippen LogP contribution < -0.4 is 10.6 Å². The van der Waals surface area contributed by atoms with Crippen LogP contribution in [0.2, 0.25) is 0 Å². The molecule has 0 atom stereocenters. The molecule has 0 aliphatic rings. The van der Waals surface area contributed by atoms with Gasteiger partial charge in [-0.2, -0.15) is 0 Å². The number of unbranched alkanes of at least 4 members (excludes halogenated alkanes) is 34. The fourth-order valence-electron chi connectivity index (χ4n) is 6.96. The molecule has 0 spiro atoms. The Labute approximate surface area is 385 Å². The molecule has 0 heterocycles. The Balaban J connectivity index is -0.000000874. The zero-order valence-corrected chi connectivity index (χ0v) is 41.6. The highest BCUT2D eigenvalue weighted by molar-refractivity contribution is 5.67. The number of carbonyl (C=O) groups excluding carboxylic acids is 2. The van der Waals surface area contributed by atoms with Crippen molar-refractivity contribution in [3.63, 3.8) is 0 Å². The number of aliphatic hydroxyl groups is 2. The highest BCUT2D eigenvalue weighted by Gasteiger charge is 2.00. The molecule has 0 radical (unpaired) electrons. The van der Waals surface area contributed by atoms with Crippen molar-refractivity contribution >= 4 is 12.2 Å². The predicted octanol–water partition coefficient (Wildman–Crippen LogP) is 15.3. The predicted molar refractivity (Wildman–Crippen MR) is 267 cm³/mol. The first-order valence-corrected chi connectivity index (χ1v) is 26.5. The molecular weight excluding hydrogens is 773 g/mol. The van der Waals surface area contributed by atoms with Crippen LogP contribution in [0.25, 0.3) is 0 Å². The van der Waals surface area contributed by atoms with Gasteiger partial charge in [-0.3, -0.25) is 0 Å². The first kappa shape index (κ1) is 63.9. The molecule has 0 saturated carbocycles. The van der Waals surface area contributed by atoms with E-state index < -0.39 is 0 Å². The normalized spacial score (nSPS) is 10.2. The summed E-state index contributed by atoms with van der Waals surface area (Å²) < 4.78 is 9.64. The van der Waals surface area contributed by atoms with Crippen LogP contribution in [-0.4, -0.2) is 61.9 Å². The summed E-state index contributed by atoms with van der Waals surface area (Å²) in [6.07, 6.45) is 48.5. The largest absolute Gasteiger partial charge is 0.450 e. The van der Waals surface area contributed by atoms with Gasteiger partial charge in [-0.1, -0.05) is 218 Å². The fraction of sp³-hybridized carbons (Fsp3) is 0.889. The number of aliphatic hydroxyl groups excluding tert-OH is 2. The van der Waals surface area contributed by atoms with Crippen molar-refractivity contribution in [1.82, 2.24) is 10.6 Å². The van der Waals surface area contributed by atoms with E-state index in [1.165, 1.54) is 193 Å². The van der Waals surface area contributed by atoms with E-state index in [4.69, 9.17) is 19.7 Å². The summed E-state index contributed by atoms with van der Waals surface area (Å²) in [7, 11) is 0. The Morgan fingerprint density at radius 1 is 0.355 bits per heavy atom. The molecule has 0 fully saturated rings. The molecule has 62 heavy (non-hydrogen) atoms. The minimum absolute atomic E-state index is 0.245. The third kappa shape index (κ3) is 66.7. The third-order valence-corrected chi connectivity index (χ3v) is 10.8. The Morgan fingerprint density at radius 3 is 0.823 bits per heavy atom.